The van der Waals surface area contributed by atoms with Crippen LogP contribution in [-0.2, 0) is 15.9 Å². The van der Waals surface area contributed by atoms with Crippen molar-refractivity contribution >= 4 is 11.5 Å². The van der Waals surface area contributed by atoms with E-state index in [1.54, 1.807) is 35.2 Å². The SMILES string of the molecule is COc1cc(-c2cnc3ccc(NC(Cc4ccccc4)C4=COCO4)nn23)ccc1O. The molecule has 4 aromatic rings. The van der Waals surface area contributed by atoms with Gasteiger partial charge in [0, 0.05) is 5.56 Å². The Morgan fingerprint density at radius 2 is 2.03 bits per heavy atom. The maximum Gasteiger partial charge on any atom is 0.229 e. The molecule has 3 heterocycles. The first kappa shape index (κ1) is 19.7. The zero-order valence-corrected chi connectivity index (χ0v) is 17.4. The van der Waals surface area contributed by atoms with Gasteiger partial charge in [-0.25, -0.2) is 9.50 Å². The van der Waals surface area contributed by atoms with E-state index >= 15 is 0 Å². The quantitative estimate of drug-likeness (QED) is 0.458. The molecule has 2 aromatic carbocycles. The second-order valence-corrected chi connectivity index (χ2v) is 7.35. The minimum Gasteiger partial charge on any atom is -0.504 e. The van der Waals surface area contributed by atoms with Crippen molar-refractivity contribution in [3.8, 4) is 22.8 Å². The highest BCUT2D eigenvalue weighted by molar-refractivity contribution is 5.67. The van der Waals surface area contributed by atoms with Crippen LogP contribution in [0, 0.1) is 0 Å². The summed E-state index contributed by atoms with van der Waals surface area (Å²) in [6, 6.07) is 19.0. The molecule has 0 amide bonds. The summed E-state index contributed by atoms with van der Waals surface area (Å²) >= 11 is 0. The summed E-state index contributed by atoms with van der Waals surface area (Å²) in [5.74, 6) is 1.86. The molecule has 1 aliphatic rings. The number of rotatable bonds is 7. The molecule has 1 atom stereocenters. The molecule has 8 nitrogen and oxygen atoms in total. The standard InChI is InChI=1S/C24H22N4O4/c1-30-21-12-17(7-8-20(21)29)19-13-25-24-10-9-23(27-28(19)24)26-18(22-14-31-15-32-22)11-16-5-3-2-4-6-16/h2-10,12-14,18,29H,11,15H2,1H3,(H,26,27). The number of anilines is 1. The average Bonchev–Trinajstić information content (AvgIpc) is 3.50. The Morgan fingerprint density at radius 3 is 2.81 bits per heavy atom. The minimum absolute atomic E-state index is 0.0798. The Hall–Kier alpha value is -4.20. The zero-order chi connectivity index (χ0) is 21.9. The van der Waals surface area contributed by atoms with Crippen LogP contribution >= 0.6 is 0 Å². The zero-order valence-electron chi connectivity index (χ0n) is 17.4. The van der Waals surface area contributed by atoms with Gasteiger partial charge >= 0.3 is 0 Å². The lowest BCUT2D eigenvalue weighted by atomic mass is 10.0. The normalized spacial score (nSPS) is 13.8. The molecule has 5 rings (SSSR count). The average molecular weight is 430 g/mol. The number of imidazole rings is 1. The predicted molar refractivity (Wildman–Crippen MR) is 119 cm³/mol. The van der Waals surface area contributed by atoms with E-state index in [2.05, 4.69) is 22.4 Å². The molecule has 32 heavy (non-hydrogen) atoms. The summed E-state index contributed by atoms with van der Waals surface area (Å²) in [4.78, 5) is 4.45. The fourth-order valence-electron chi connectivity index (χ4n) is 3.67. The lowest BCUT2D eigenvalue weighted by Crippen LogP contribution is -2.26. The number of benzene rings is 2. The van der Waals surface area contributed by atoms with Crippen LogP contribution < -0.4 is 10.1 Å². The van der Waals surface area contributed by atoms with Crippen molar-refractivity contribution in [1.29, 1.82) is 0 Å². The molecule has 8 heteroatoms. The van der Waals surface area contributed by atoms with E-state index in [9.17, 15) is 5.11 Å². The number of hydrogen-bond acceptors (Lipinski definition) is 7. The van der Waals surface area contributed by atoms with Crippen molar-refractivity contribution in [2.24, 2.45) is 0 Å². The lowest BCUT2D eigenvalue weighted by Gasteiger charge is -2.19. The fourth-order valence-corrected chi connectivity index (χ4v) is 3.67. The number of phenolic OH excluding ortho intramolecular Hbond substituents is 1. The highest BCUT2D eigenvalue weighted by atomic mass is 16.7. The Bertz CT molecular complexity index is 1270. The van der Waals surface area contributed by atoms with Gasteiger partial charge in [0.05, 0.1) is 25.0 Å². The third-order valence-electron chi connectivity index (χ3n) is 5.28. The molecule has 0 saturated carbocycles. The summed E-state index contributed by atoms with van der Waals surface area (Å²) in [5, 5.41) is 18.1. The van der Waals surface area contributed by atoms with Crippen LogP contribution in [0.1, 0.15) is 5.56 Å². The summed E-state index contributed by atoms with van der Waals surface area (Å²) in [6.45, 7) is 0.211. The van der Waals surface area contributed by atoms with Crippen molar-refractivity contribution in [3.63, 3.8) is 0 Å². The minimum atomic E-state index is -0.148. The molecule has 0 spiro atoms. The van der Waals surface area contributed by atoms with Crippen LogP contribution in [0.4, 0.5) is 5.82 Å². The summed E-state index contributed by atoms with van der Waals surface area (Å²) < 4.78 is 17.9. The van der Waals surface area contributed by atoms with Gasteiger partial charge in [-0.3, -0.25) is 0 Å². The van der Waals surface area contributed by atoms with Gasteiger partial charge in [0.15, 0.2) is 22.9 Å². The maximum absolute atomic E-state index is 9.91. The Kier molecular flexibility index (Phi) is 5.25. The Balaban J connectivity index is 1.47. The molecule has 0 radical (unpaired) electrons. The topological polar surface area (TPSA) is 90.1 Å². The van der Waals surface area contributed by atoms with Gasteiger partial charge in [-0.05, 0) is 42.3 Å². The van der Waals surface area contributed by atoms with Crippen molar-refractivity contribution in [1.82, 2.24) is 14.6 Å². The summed E-state index contributed by atoms with van der Waals surface area (Å²) in [7, 11) is 1.52. The second-order valence-electron chi connectivity index (χ2n) is 7.35. The van der Waals surface area contributed by atoms with Crippen LogP contribution in [0.3, 0.4) is 0 Å². The molecule has 1 unspecified atom stereocenters. The molecule has 0 saturated heterocycles. The van der Waals surface area contributed by atoms with Gasteiger partial charge in [0.2, 0.25) is 6.79 Å². The molecule has 162 valence electrons. The lowest BCUT2D eigenvalue weighted by molar-refractivity contribution is 0.0764. The summed E-state index contributed by atoms with van der Waals surface area (Å²) in [6.07, 6.45) is 4.10. The van der Waals surface area contributed by atoms with Crippen molar-refractivity contribution < 1.29 is 19.3 Å². The number of ether oxygens (including phenoxy) is 3. The second kappa shape index (κ2) is 8.50. The van der Waals surface area contributed by atoms with E-state index < -0.39 is 0 Å². The molecular formula is C24H22N4O4. The molecule has 1 aliphatic heterocycles. The van der Waals surface area contributed by atoms with Gasteiger partial charge in [-0.1, -0.05) is 30.3 Å². The number of methoxy groups -OCH3 is 1. The first-order chi connectivity index (χ1) is 15.7. The number of nitrogens with zero attached hydrogens (tertiary/aromatic N) is 3. The number of aromatic hydroxyl groups is 1. The number of fused-ring (bicyclic) bond motifs is 1. The van der Waals surface area contributed by atoms with Gasteiger partial charge in [0.25, 0.3) is 0 Å². The van der Waals surface area contributed by atoms with E-state index in [0.29, 0.717) is 23.6 Å². The van der Waals surface area contributed by atoms with Gasteiger partial charge in [-0.2, -0.15) is 0 Å². The Morgan fingerprint density at radius 1 is 1.16 bits per heavy atom. The van der Waals surface area contributed by atoms with E-state index in [1.165, 1.54) is 12.7 Å². The Labute approximate surface area is 184 Å². The highest BCUT2D eigenvalue weighted by Crippen LogP contribution is 2.31. The van der Waals surface area contributed by atoms with Crippen LogP contribution in [-0.4, -0.2) is 39.6 Å². The number of nitrogens with one attached hydrogen (secondary N) is 1. The predicted octanol–water partition coefficient (Wildman–Crippen LogP) is 3.98. The molecule has 0 fully saturated rings. The molecule has 0 aliphatic carbocycles. The smallest absolute Gasteiger partial charge is 0.229 e. The number of aromatic nitrogens is 3. The maximum atomic E-state index is 9.91. The van der Waals surface area contributed by atoms with E-state index in [1.807, 2.05) is 30.3 Å². The van der Waals surface area contributed by atoms with Gasteiger partial charge in [-0.15, -0.1) is 5.10 Å². The summed E-state index contributed by atoms with van der Waals surface area (Å²) in [5.41, 5.74) is 3.48. The first-order valence-electron chi connectivity index (χ1n) is 10.2. The van der Waals surface area contributed by atoms with Crippen molar-refractivity contribution in [3.05, 3.63) is 84.4 Å². The molecular weight excluding hydrogens is 408 g/mol. The van der Waals surface area contributed by atoms with Crippen LogP contribution in [0.2, 0.25) is 0 Å². The third-order valence-corrected chi connectivity index (χ3v) is 5.28. The van der Waals surface area contributed by atoms with Gasteiger partial charge in [0.1, 0.15) is 12.1 Å². The largest absolute Gasteiger partial charge is 0.504 e. The highest BCUT2D eigenvalue weighted by Gasteiger charge is 2.21. The van der Waals surface area contributed by atoms with Crippen molar-refractivity contribution in [2.45, 2.75) is 12.5 Å². The molecule has 2 N–H and O–H groups in total. The van der Waals surface area contributed by atoms with E-state index in [4.69, 9.17) is 19.3 Å². The third kappa shape index (κ3) is 3.90. The van der Waals surface area contributed by atoms with Crippen molar-refractivity contribution in [2.75, 3.05) is 19.2 Å². The van der Waals surface area contributed by atoms with Crippen LogP contribution in [0.25, 0.3) is 16.9 Å². The molecule has 2 aromatic heterocycles. The van der Waals surface area contributed by atoms with E-state index in [-0.39, 0.29) is 18.6 Å². The monoisotopic (exact) mass is 430 g/mol. The van der Waals surface area contributed by atoms with Crippen LogP contribution in [0.15, 0.2) is 78.9 Å². The number of hydrogen-bond donors (Lipinski definition) is 2. The molecule has 0 bridgehead atoms. The fraction of sp³-hybridized carbons (Fsp3) is 0.167. The van der Waals surface area contributed by atoms with Gasteiger partial charge < -0.3 is 24.6 Å². The van der Waals surface area contributed by atoms with E-state index in [0.717, 1.165) is 17.0 Å². The number of phenols is 1. The van der Waals surface area contributed by atoms with Crippen LogP contribution in [0.5, 0.6) is 11.5 Å². The first-order valence-corrected chi connectivity index (χ1v) is 10.2.